The van der Waals surface area contributed by atoms with Gasteiger partial charge in [0.25, 0.3) is 0 Å². The van der Waals surface area contributed by atoms with Gasteiger partial charge in [-0.1, -0.05) is 13.8 Å². The lowest BCUT2D eigenvalue weighted by Gasteiger charge is -2.24. The molecule has 0 spiro atoms. The molecule has 0 rings (SSSR count). The first-order valence-corrected chi connectivity index (χ1v) is 5.15. The fourth-order valence-corrected chi connectivity index (χ4v) is 1.00. The highest BCUT2D eigenvalue weighted by Crippen LogP contribution is 2.05. The fourth-order valence-electron chi connectivity index (χ4n) is 1.00. The molecule has 0 bridgehead atoms. The smallest absolute Gasteiger partial charge is 0.415 e. The normalized spacial score (nSPS) is 10.2. The number of imide groups is 1. The fraction of sp³-hybridized carbons (Fsp3) is 0.800. The molecule has 0 aromatic rings. The van der Waals surface area contributed by atoms with Crippen LogP contribution in [0.4, 0.5) is 9.59 Å². The average Bonchev–Trinajstić information content (AvgIpc) is 2.15. The minimum absolute atomic E-state index is 0.260. The van der Waals surface area contributed by atoms with Crippen molar-refractivity contribution >= 4 is 12.1 Å². The predicted octanol–water partition coefficient (Wildman–Crippen LogP) is 2.08. The second-order valence-corrected chi connectivity index (χ2v) is 3.91. The van der Waals surface area contributed by atoms with Gasteiger partial charge >= 0.3 is 12.1 Å². The number of rotatable bonds is 4. The number of urea groups is 1. The van der Waals surface area contributed by atoms with Crippen molar-refractivity contribution in [2.45, 2.75) is 27.2 Å². The standard InChI is InChI=1S/C10H20N2O3/c1-5-11(4)9(13)12(10(14)15)7-6-8(2)3/h8H,5-7H2,1-4H3,(H,14,15). The first-order valence-electron chi connectivity index (χ1n) is 5.15. The summed E-state index contributed by atoms with van der Waals surface area (Å²) < 4.78 is 0. The van der Waals surface area contributed by atoms with Crippen molar-refractivity contribution in [3.8, 4) is 0 Å². The summed E-state index contributed by atoms with van der Waals surface area (Å²) >= 11 is 0. The average molecular weight is 216 g/mol. The zero-order chi connectivity index (χ0) is 12.0. The molecule has 15 heavy (non-hydrogen) atoms. The molecular formula is C10H20N2O3. The second-order valence-electron chi connectivity index (χ2n) is 3.91. The molecule has 0 saturated heterocycles. The maximum Gasteiger partial charge on any atom is 0.415 e. The molecule has 0 fully saturated rings. The van der Waals surface area contributed by atoms with Crippen molar-refractivity contribution in [1.82, 2.24) is 9.80 Å². The third kappa shape index (κ3) is 4.67. The molecular weight excluding hydrogens is 196 g/mol. The Balaban J connectivity index is 4.39. The number of carboxylic acid groups (broad SMARTS) is 1. The molecule has 0 aromatic heterocycles. The first kappa shape index (κ1) is 13.7. The molecule has 0 saturated carbocycles. The van der Waals surface area contributed by atoms with E-state index in [0.29, 0.717) is 18.9 Å². The lowest BCUT2D eigenvalue weighted by atomic mass is 10.1. The first-order chi connectivity index (χ1) is 6.90. The number of hydrogen-bond acceptors (Lipinski definition) is 2. The van der Waals surface area contributed by atoms with Gasteiger partial charge in [-0.25, -0.2) is 14.5 Å². The Kier molecular flexibility index (Phi) is 5.74. The van der Waals surface area contributed by atoms with Crippen molar-refractivity contribution in [2.75, 3.05) is 20.1 Å². The van der Waals surface area contributed by atoms with Gasteiger partial charge < -0.3 is 10.0 Å². The summed E-state index contributed by atoms with van der Waals surface area (Å²) in [7, 11) is 1.59. The third-order valence-electron chi connectivity index (χ3n) is 2.19. The van der Waals surface area contributed by atoms with Gasteiger partial charge in [0.05, 0.1) is 0 Å². The molecule has 0 aliphatic heterocycles. The van der Waals surface area contributed by atoms with Gasteiger partial charge in [-0.3, -0.25) is 0 Å². The zero-order valence-corrected chi connectivity index (χ0v) is 9.86. The van der Waals surface area contributed by atoms with Crippen LogP contribution in [0, 0.1) is 5.92 Å². The summed E-state index contributed by atoms with van der Waals surface area (Å²) in [5.41, 5.74) is 0. The summed E-state index contributed by atoms with van der Waals surface area (Å²) in [5, 5.41) is 8.88. The van der Waals surface area contributed by atoms with Gasteiger partial charge in [-0.15, -0.1) is 0 Å². The van der Waals surface area contributed by atoms with Crippen molar-refractivity contribution < 1.29 is 14.7 Å². The Labute approximate surface area is 90.7 Å². The molecule has 0 aliphatic carbocycles. The maximum absolute atomic E-state index is 11.6. The molecule has 3 amide bonds. The number of amides is 3. The van der Waals surface area contributed by atoms with Gasteiger partial charge in [0.1, 0.15) is 0 Å². The molecule has 0 aliphatic rings. The van der Waals surface area contributed by atoms with Crippen LogP contribution < -0.4 is 0 Å². The molecule has 0 aromatic carbocycles. The van der Waals surface area contributed by atoms with Crippen LogP contribution in [0.3, 0.4) is 0 Å². The predicted molar refractivity (Wildman–Crippen MR) is 57.9 cm³/mol. The molecule has 5 nitrogen and oxygen atoms in total. The molecule has 1 N–H and O–H groups in total. The molecule has 0 radical (unpaired) electrons. The Hall–Kier alpha value is -1.26. The lowest BCUT2D eigenvalue weighted by Crippen LogP contribution is -2.44. The van der Waals surface area contributed by atoms with E-state index in [0.717, 1.165) is 4.90 Å². The van der Waals surface area contributed by atoms with Crippen molar-refractivity contribution in [2.24, 2.45) is 5.92 Å². The Morgan fingerprint density at radius 3 is 2.20 bits per heavy atom. The summed E-state index contributed by atoms with van der Waals surface area (Å²) in [6, 6.07) is -0.453. The number of hydrogen-bond donors (Lipinski definition) is 1. The topological polar surface area (TPSA) is 60.9 Å². The zero-order valence-electron chi connectivity index (χ0n) is 9.86. The van der Waals surface area contributed by atoms with Crippen molar-refractivity contribution in [3.05, 3.63) is 0 Å². The highest BCUT2D eigenvalue weighted by atomic mass is 16.4. The van der Waals surface area contributed by atoms with Gasteiger partial charge in [0, 0.05) is 20.1 Å². The Bertz CT molecular complexity index is 229. The highest BCUT2D eigenvalue weighted by Gasteiger charge is 2.22. The van der Waals surface area contributed by atoms with Crippen LogP contribution in [0.1, 0.15) is 27.2 Å². The number of carbonyl (C=O) groups is 2. The van der Waals surface area contributed by atoms with E-state index in [2.05, 4.69) is 0 Å². The summed E-state index contributed by atoms with van der Waals surface area (Å²) in [6.07, 6.45) is -0.490. The van der Waals surface area contributed by atoms with Gasteiger partial charge in [0.15, 0.2) is 0 Å². The van der Waals surface area contributed by atoms with Gasteiger partial charge in [-0.2, -0.15) is 0 Å². The Morgan fingerprint density at radius 2 is 1.87 bits per heavy atom. The van der Waals surface area contributed by atoms with Crippen LogP contribution in [-0.2, 0) is 0 Å². The summed E-state index contributed by atoms with van der Waals surface area (Å²) in [4.78, 5) is 24.7. The third-order valence-corrected chi connectivity index (χ3v) is 2.19. The lowest BCUT2D eigenvalue weighted by molar-refractivity contribution is 0.132. The molecule has 0 unspecified atom stereocenters. The van der Waals surface area contributed by atoms with Crippen LogP contribution in [-0.4, -0.2) is 47.2 Å². The van der Waals surface area contributed by atoms with Crippen molar-refractivity contribution in [1.29, 1.82) is 0 Å². The van der Waals surface area contributed by atoms with E-state index in [-0.39, 0.29) is 6.54 Å². The number of nitrogens with zero attached hydrogens (tertiary/aromatic N) is 2. The van der Waals surface area contributed by atoms with Crippen LogP contribution >= 0.6 is 0 Å². The van der Waals surface area contributed by atoms with Gasteiger partial charge in [-0.05, 0) is 19.3 Å². The quantitative estimate of drug-likeness (QED) is 0.782. The molecule has 0 atom stereocenters. The van der Waals surface area contributed by atoms with Crippen LogP contribution in [0.25, 0.3) is 0 Å². The maximum atomic E-state index is 11.6. The van der Waals surface area contributed by atoms with E-state index in [4.69, 9.17) is 5.11 Å². The van der Waals surface area contributed by atoms with E-state index < -0.39 is 12.1 Å². The van der Waals surface area contributed by atoms with Crippen LogP contribution in [0.15, 0.2) is 0 Å². The van der Waals surface area contributed by atoms with E-state index in [1.165, 1.54) is 4.90 Å². The molecule has 0 heterocycles. The largest absolute Gasteiger partial charge is 0.465 e. The summed E-state index contributed by atoms with van der Waals surface area (Å²) in [6.45, 7) is 6.56. The minimum atomic E-state index is -1.18. The second kappa shape index (κ2) is 6.27. The van der Waals surface area contributed by atoms with Crippen molar-refractivity contribution in [3.63, 3.8) is 0 Å². The Morgan fingerprint density at radius 1 is 1.33 bits per heavy atom. The summed E-state index contributed by atoms with van der Waals surface area (Å²) in [5.74, 6) is 0.381. The van der Waals surface area contributed by atoms with Crippen LogP contribution in [0.5, 0.6) is 0 Å². The molecule has 88 valence electrons. The van der Waals surface area contributed by atoms with E-state index in [9.17, 15) is 9.59 Å². The molecule has 5 heteroatoms. The number of carbonyl (C=O) groups excluding carboxylic acids is 1. The minimum Gasteiger partial charge on any atom is -0.465 e. The van der Waals surface area contributed by atoms with Gasteiger partial charge in [0.2, 0.25) is 0 Å². The van der Waals surface area contributed by atoms with Crippen LogP contribution in [0.2, 0.25) is 0 Å². The van der Waals surface area contributed by atoms with E-state index >= 15 is 0 Å². The van der Waals surface area contributed by atoms with E-state index in [1.807, 2.05) is 13.8 Å². The monoisotopic (exact) mass is 216 g/mol. The SMILES string of the molecule is CCN(C)C(=O)N(CCC(C)C)C(=O)O. The van der Waals surface area contributed by atoms with E-state index in [1.54, 1.807) is 14.0 Å². The highest BCUT2D eigenvalue weighted by molar-refractivity contribution is 5.89.